The Labute approximate surface area is 122 Å². The molecule has 2 aromatic carbocycles. The number of nitrogens with zero attached hydrogens (tertiary/aromatic N) is 2. The van der Waals surface area contributed by atoms with Gasteiger partial charge in [-0.3, -0.25) is 4.79 Å². The Balaban J connectivity index is 1.93. The standard InChI is InChI=1S/C16H12N4O/c17-9-12-5-7-14(8-6-12)19-11-16(21)20-15-4-2-1-3-13(15)10-18/h1-8,19H,11H2,(H,20,21). The number of hydrogen-bond donors (Lipinski definition) is 2. The van der Waals surface area contributed by atoms with Crippen molar-refractivity contribution in [1.29, 1.82) is 10.5 Å². The molecule has 0 aliphatic carbocycles. The van der Waals surface area contributed by atoms with Crippen molar-refractivity contribution in [3.05, 3.63) is 59.7 Å². The summed E-state index contributed by atoms with van der Waals surface area (Å²) in [7, 11) is 0. The summed E-state index contributed by atoms with van der Waals surface area (Å²) in [6, 6.07) is 17.7. The first-order valence-electron chi connectivity index (χ1n) is 6.26. The van der Waals surface area contributed by atoms with Gasteiger partial charge < -0.3 is 10.6 Å². The minimum Gasteiger partial charge on any atom is -0.376 e. The number of carbonyl (C=O) groups is 1. The van der Waals surface area contributed by atoms with Crippen LogP contribution in [0.25, 0.3) is 0 Å². The summed E-state index contributed by atoms with van der Waals surface area (Å²) in [6.07, 6.45) is 0. The highest BCUT2D eigenvalue weighted by atomic mass is 16.1. The van der Waals surface area contributed by atoms with Gasteiger partial charge in [0, 0.05) is 5.69 Å². The molecule has 21 heavy (non-hydrogen) atoms. The van der Waals surface area contributed by atoms with Gasteiger partial charge in [-0.25, -0.2) is 0 Å². The molecular weight excluding hydrogens is 264 g/mol. The summed E-state index contributed by atoms with van der Waals surface area (Å²) < 4.78 is 0. The second-order valence-corrected chi connectivity index (χ2v) is 4.25. The minimum absolute atomic E-state index is 0.0751. The van der Waals surface area contributed by atoms with Gasteiger partial charge in [0.1, 0.15) is 6.07 Å². The molecule has 5 heteroatoms. The van der Waals surface area contributed by atoms with Gasteiger partial charge >= 0.3 is 0 Å². The van der Waals surface area contributed by atoms with Gasteiger partial charge in [-0.1, -0.05) is 12.1 Å². The number of nitrogens with one attached hydrogen (secondary N) is 2. The molecule has 2 aromatic rings. The van der Waals surface area contributed by atoms with E-state index in [1.807, 2.05) is 12.1 Å². The highest BCUT2D eigenvalue weighted by Crippen LogP contribution is 2.13. The minimum atomic E-state index is -0.248. The van der Waals surface area contributed by atoms with Crippen LogP contribution in [0.5, 0.6) is 0 Å². The maximum atomic E-state index is 11.8. The van der Waals surface area contributed by atoms with Crippen molar-refractivity contribution in [2.75, 3.05) is 17.2 Å². The lowest BCUT2D eigenvalue weighted by Gasteiger charge is -2.08. The maximum absolute atomic E-state index is 11.8. The van der Waals surface area contributed by atoms with Crippen LogP contribution in [-0.2, 0) is 4.79 Å². The zero-order valence-electron chi connectivity index (χ0n) is 11.1. The number of amides is 1. The quantitative estimate of drug-likeness (QED) is 0.897. The van der Waals surface area contributed by atoms with Gasteiger partial charge in [0.2, 0.25) is 5.91 Å². The number of rotatable bonds is 4. The Morgan fingerprint density at radius 3 is 2.38 bits per heavy atom. The molecule has 0 aromatic heterocycles. The van der Waals surface area contributed by atoms with Gasteiger partial charge in [-0.05, 0) is 36.4 Å². The first-order valence-corrected chi connectivity index (χ1v) is 6.26. The molecule has 0 saturated heterocycles. The van der Waals surface area contributed by atoms with Crippen LogP contribution < -0.4 is 10.6 Å². The Hall–Kier alpha value is -3.31. The van der Waals surface area contributed by atoms with E-state index in [1.165, 1.54) is 0 Å². The van der Waals surface area contributed by atoms with E-state index in [0.29, 0.717) is 16.8 Å². The van der Waals surface area contributed by atoms with Crippen molar-refractivity contribution in [3.8, 4) is 12.1 Å². The van der Waals surface area contributed by atoms with Crippen LogP contribution in [0, 0.1) is 22.7 Å². The van der Waals surface area contributed by atoms with E-state index in [-0.39, 0.29) is 12.5 Å². The summed E-state index contributed by atoms with van der Waals surface area (Å²) in [6.45, 7) is 0.0751. The topological polar surface area (TPSA) is 88.7 Å². The van der Waals surface area contributed by atoms with E-state index in [4.69, 9.17) is 10.5 Å². The molecule has 0 atom stereocenters. The van der Waals surface area contributed by atoms with Crippen LogP contribution in [0.1, 0.15) is 11.1 Å². The average Bonchev–Trinajstić information content (AvgIpc) is 2.54. The van der Waals surface area contributed by atoms with Crippen LogP contribution >= 0.6 is 0 Å². The van der Waals surface area contributed by atoms with Crippen LogP contribution in [0.15, 0.2) is 48.5 Å². The Morgan fingerprint density at radius 2 is 1.71 bits per heavy atom. The molecule has 102 valence electrons. The Kier molecular flexibility index (Phi) is 4.53. The van der Waals surface area contributed by atoms with Crippen molar-refractivity contribution < 1.29 is 4.79 Å². The van der Waals surface area contributed by atoms with E-state index in [2.05, 4.69) is 10.6 Å². The Morgan fingerprint density at radius 1 is 1.00 bits per heavy atom. The third-order valence-corrected chi connectivity index (χ3v) is 2.79. The van der Waals surface area contributed by atoms with Gasteiger partial charge in [-0.2, -0.15) is 10.5 Å². The first-order chi connectivity index (χ1) is 10.2. The normalized spacial score (nSPS) is 9.24. The molecule has 5 nitrogen and oxygen atoms in total. The van der Waals surface area contributed by atoms with E-state index < -0.39 is 0 Å². The molecule has 0 saturated carbocycles. The fourth-order valence-electron chi connectivity index (χ4n) is 1.73. The van der Waals surface area contributed by atoms with Crippen molar-refractivity contribution in [1.82, 2.24) is 0 Å². The van der Waals surface area contributed by atoms with Crippen LogP contribution in [-0.4, -0.2) is 12.5 Å². The average molecular weight is 276 g/mol. The van der Waals surface area contributed by atoms with Crippen molar-refractivity contribution in [2.45, 2.75) is 0 Å². The smallest absolute Gasteiger partial charge is 0.243 e. The fourth-order valence-corrected chi connectivity index (χ4v) is 1.73. The summed E-state index contributed by atoms with van der Waals surface area (Å²) in [5.74, 6) is -0.248. The van der Waals surface area contributed by atoms with Crippen LogP contribution in [0.3, 0.4) is 0 Å². The van der Waals surface area contributed by atoms with Crippen LogP contribution in [0.4, 0.5) is 11.4 Å². The molecular formula is C16H12N4O. The predicted octanol–water partition coefficient (Wildman–Crippen LogP) is 2.48. The number of carbonyl (C=O) groups excluding carboxylic acids is 1. The molecule has 0 bridgehead atoms. The van der Waals surface area contributed by atoms with Gasteiger partial charge in [0.05, 0.1) is 29.4 Å². The molecule has 0 fully saturated rings. The summed E-state index contributed by atoms with van der Waals surface area (Å²) in [5, 5.41) is 23.3. The van der Waals surface area contributed by atoms with Crippen LogP contribution in [0.2, 0.25) is 0 Å². The van der Waals surface area contributed by atoms with Gasteiger partial charge in [-0.15, -0.1) is 0 Å². The zero-order valence-corrected chi connectivity index (χ0v) is 11.1. The number of anilines is 2. The van der Waals surface area contributed by atoms with Crippen molar-refractivity contribution >= 4 is 17.3 Å². The molecule has 2 N–H and O–H groups in total. The number of benzene rings is 2. The summed E-state index contributed by atoms with van der Waals surface area (Å²) in [4.78, 5) is 11.8. The molecule has 0 spiro atoms. The third kappa shape index (κ3) is 3.82. The van der Waals surface area contributed by atoms with E-state index >= 15 is 0 Å². The number of para-hydroxylation sites is 1. The van der Waals surface area contributed by atoms with Gasteiger partial charge in [0.25, 0.3) is 0 Å². The highest BCUT2D eigenvalue weighted by molar-refractivity contribution is 5.94. The lowest BCUT2D eigenvalue weighted by molar-refractivity contribution is -0.114. The third-order valence-electron chi connectivity index (χ3n) is 2.79. The lowest BCUT2D eigenvalue weighted by Crippen LogP contribution is -2.22. The van der Waals surface area contributed by atoms with E-state index in [0.717, 1.165) is 5.69 Å². The molecule has 0 aliphatic heterocycles. The molecule has 0 unspecified atom stereocenters. The molecule has 1 amide bonds. The van der Waals surface area contributed by atoms with Gasteiger partial charge in [0.15, 0.2) is 0 Å². The predicted molar refractivity (Wildman–Crippen MR) is 79.4 cm³/mol. The first kappa shape index (κ1) is 14.1. The monoisotopic (exact) mass is 276 g/mol. The largest absolute Gasteiger partial charge is 0.376 e. The molecule has 0 heterocycles. The second-order valence-electron chi connectivity index (χ2n) is 4.25. The SMILES string of the molecule is N#Cc1ccc(NCC(=O)Nc2ccccc2C#N)cc1. The number of hydrogen-bond acceptors (Lipinski definition) is 4. The molecule has 0 radical (unpaired) electrons. The lowest BCUT2D eigenvalue weighted by atomic mass is 10.2. The summed E-state index contributed by atoms with van der Waals surface area (Å²) in [5.41, 5.74) is 2.22. The second kappa shape index (κ2) is 6.74. The molecule has 2 rings (SSSR count). The number of nitriles is 2. The maximum Gasteiger partial charge on any atom is 0.243 e. The van der Waals surface area contributed by atoms with E-state index in [1.54, 1.807) is 48.5 Å². The summed E-state index contributed by atoms with van der Waals surface area (Å²) >= 11 is 0. The zero-order chi connectivity index (χ0) is 15.1. The highest BCUT2D eigenvalue weighted by Gasteiger charge is 2.05. The Bertz CT molecular complexity index is 723. The van der Waals surface area contributed by atoms with Crippen molar-refractivity contribution in [3.63, 3.8) is 0 Å². The fraction of sp³-hybridized carbons (Fsp3) is 0.0625. The van der Waals surface area contributed by atoms with Crippen molar-refractivity contribution in [2.24, 2.45) is 0 Å². The molecule has 0 aliphatic rings. The van der Waals surface area contributed by atoms with E-state index in [9.17, 15) is 4.79 Å².